The highest BCUT2D eigenvalue weighted by Gasteiger charge is 2.18. The summed E-state index contributed by atoms with van der Waals surface area (Å²) < 4.78 is 10.4. The molecule has 1 amide bonds. The summed E-state index contributed by atoms with van der Waals surface area (Å²) in [6.45, 7) is -0.516. The van der Waals surface area contributed by atoms with Crippen molar-refractivity contribution in [1.82, 2.24) is 4.98 Å². The van der Waals surface area contributed by atoms with Gasteiger partial charge in [-0.2, -0.15) is 5.26 Å². The van der Waals surface area contributed by atoms with Gasteiger partial charge in [0.05, 0.1) is 5.52 Å². The number of nitrogens with one attached hydrogen (secondary N) is 1. The Morgan fingerprint density at radius 3 is 2.71 bits per heavy atom. The maximum absolute atomic E-state index is 12.2. The summed E-state index contributed by atoms with van der Waals surface area (Å²) in [4.78, 5) is 28.6. The van der Waals surface area contributed by atoms with Crippen LogP contribution in [0.5, 0.6) is 0 Å². The second-order valence-electron chi connectivity index (χ2n) is 5.93. The van der Waals surface area contributed by atoms with Gasteiger partial charge in [-0.25, -0.2) is 9.78 Å². The molecular weight excluding hydrogens is 358 g/mol. The minimum atomic E-state index is -0.710. The number of rotatable bonds is 4. The zero-order valence-electron chi connectivity index (χ0n) is 14.5. The van der Waals surface area contributed by atoms with Crippen LogP contribution in [0.1, 0.15) is 16.2 Å². The van der Waals surface area contributed by atoms with Crippen LogP contribution in [0.25, 0.3) is 21.9 Å². The lowest BCUT2D eigenvalue weighted by Gasteiger charge is -2.06. The molecule has 0 aliphatic heterocycles. The van der Waals surface area contributed by atoms with E-state index >= 15 is 0 Å². The highest BCUT2D eigenvalue weighted by molar-refractivity contribution is 6.04. The van der Waals surface area contributed by atoms with Crippen LogP contribution in [-0.2, 0) is 9.53 Å². The summed E-state index contributed by atoms with van der Waals surface area (Å²) in [5, 5.41) is 13.3. The lowest BCUT2D eigenvalue weighted by molar-refractivity contribution is -0.119. The monoisotopic (exact) mass is 371 g/mol. The van der Waals surface area contributed by atoms with Gasteiger partial charge in [-0.05, 0) is 24.3 Å². The van der Waals surface area contributed by atoms with E-state index in [0.29, 0.717) is 16.5 Å². The Morgan fingerprint density at radius 2 is 1.86 bits per heavy atom. The van der Waals surface area contributed by atoms with Crippen LogP contribution < -0.4 is 5.32 Å². The number of fused-ring (bicyclic) bond motifs is 2. The maximum Gasteiger partial charge on any atom is 0.357 e. The quantitative estimate of drug-likeness (QED) is 0.549. The van der Waals surface area contributed by atoms with Crippen LogP contribution in [-0.4, -0.2) is 23.5 Å². The molecule has 0 saturated heterocycles. The molecule has 0 spiro atoms. The fraction of sp³-hybridized carbons (Fsp3) is 0.0476. The molecule has 2 heterocycles. The number of carbonyl (C=O) groups excluding carboxylic acids is 2. The zero-order valence-corrected chi connectivity index (χ0v) is 14.5. The van der Waals surface area contributed by atoms with E-state index in [4.69, 9.17) is 9.15 Å². The summed E-state index contributed by atoms with van der Waals surface area (Å²) in [5.41, 5.74) is 1.50. The van der Waals surface area contributed by atoms with Crippen molar-refractivity contribution in [2.45, 2.75) is 0 Å². The highest BCUT2D eigenvalue weighted by Crippen LogP contribution is 2.30. The third kappa shape index (κ3) is 3.27. The normalized spacial score (nSPS) is 10.5. The molecule has 7 nitrogen and oxygen atoms in total. The first-order valence-corrected chi connectivity index (χ1v) is 8.40. The number of ether oxygens (including phenoxy) is 1. The summed E-state index contributed by atoms with van der Waals surface area (Å²) >= 11 is 0. The van der Waals surface area contributed by atoms with E-state index in [0.717, 1.165) is 5.39 Å². The molecule has 0 unspecified atom stereocenters. The number of anilines is 1. The minimum absolute atomic E-state index is 0.0166. The molecule has 2 aromatic carbocycles. The van der Waals surface area contributed by atoms with Crippen molar-refractivity contribution in [3.05, 3.63) is 72.1 Å². The van der Waals surface area contributed by atoms with Crippen LogP contribution in [0.4, 0.5) is 5.69 Å². The second-order valence-corrected chi connectivity index (χ2v) is 5.93. The van der Waals surface area contributed by atoms with Crippen LogP contribution in [0.15, 0.2) is 65.1 Å². The molecule has 2 aromatic heterocycles. The van der Waals surface area contributed by atoms with Gasteiger partial charge < -0.3 is 14.5 Å². The van der Waals surface area contributed by atoms with E-state index in [-0.39, 0.29) is 17.1 Å². The standard InChI is InChI=1S/C21H13N3O4/c22-11-18-20(14-6-2-4-8-17(14)28-18)24-19(25)12-27-21(26)16-10-9-13-5-1-3-7-15(13)23-16/h1-10H,12H2,(H,24,25). The number of nitrogens with zero attached hydrogens (tertiary/aromatic N) is 2. The number of hydrogen-bond donors (Lipinski definition) is 1. The van der Waals surface area contributed by atoms with Gasteiger partial charge in [0.1, 0.15) is 23.0 Å². The lowest BCUT2D eigenvalue weighted by Crippen LogP contribution is -2.21. The van der Waals surface area contributed by atoms with Crippen molar-refractivity contribution in [3.63, 3.8) is 0 Å². The Labute approximate surface area is 159 Å². The summed E-state index contributed by atoms with van der Waals surface area (Å²) in [5.74, 6) is -1.31. The fourth-order valence-corrected chi connectivity index (χ4v) is 2.81. The second kappa shape index (κ2) is 7.21. The number of para-hydroxylation sites is 2. The largest absolute Gasteiger partial charge is 0.451 e. The molecule has 7 heteroatoms. The Kier molecular flexibility index (Phi) is 4.44. The molecular formula is C21H13N3O4. The van der Waals surface area contributed by atoms with Gasteiger partial charge in [0.15, 0.2) is 6.61 Å². The first-order chi connectivity index (χ1) is 13.7. The average molecular weight is 371 g/mol. The summed E-state index contributed by atoms with van der Waals surface area (Å²) in [7, 11) is 0. The van der Waals surface area contributed by atoms with Gasteiger partial charge in [-0.15, -0.1) is 0 Å². The Bertz CT molecular complexity index is 1250. The number of aromatic nitrogens is 1. The molecule has 0 bridgehead atoms. The summed E-state index contributed by atoms with van der Waals surface area (Å²) in [6.07, 6.45) is 0. The molecule has 0 radical (unpaired) electrons. The zero-order chi connectivity index (χ0) is 19.5. The molecule has 4 aromatic rings. The van der Waals surface area contributed by atoms with Crippen molar-refractivity contribution < 1.29 is 18.7 Å². The number of amides is 1. The van der Waals surface area contributed by atoms with E-state index in [1.807, 2.05) is 24.3 Å². The third-order valence-electron chi connectivity index (χ3n) is 4.10. The molecule has 0 saturated carbocycles. The first-order valence-electron chi connectivity index (χ1n) is 8.40. The number of benzene rings is 2. The van der Waals surface area contributed by atoms with Gasteiger partial charge in [0.2, 0.25) is 5.76 Å². The maximum atomic E-state index is 12.2. The number of carbonyl (C=O) groups is 2. The molecule has 136 valence electrons. The fourth-order valence-electron chi connectivity index (χ4n) is 2.81. The Morgan fingerprint density at radius 1 is 1.07 bits per heavy atom. The molecule has 28 heavy (non-hydrogen) atoms. The van der Waals surface area contributed by atoms with Crippen molar-refractivity contribution in [2.24, 2.45) is 0 Å². The van der Waals surface area contributed by atoms with Gasteiger partial charge in [-0.1, -0.05) is 36.4 Å². The van der Waals surface area contributed by atoms with E-state index in [9.17, 15) is 14.9 Å². The smallest absolute Gasteiger partial charge is 0.357 e. The Balaban J connectivity index is 1.46. The predicted octanol–water partition coefficient (Wildman–Crippen LogP) is 3.65. The van der Waals surface area contributed by atoms with E-state index in [2.05, 4.69) is 10.3 Å². The average Bonchev–Trinajstić information content (AvgIpc) is 3.09. The van der Waals surface area contributed by atoms with Crippen LogP contribution in [0.3, 0.4) is 0 Å². The molecule has 0 fully saturated rings. The van der Waals surface area contributed by atoms with Crippen molar-refractivity contribution >= 4 is 39.4 Å². The topological polar surface area (TPSA) is 105 Å². The van der Waals surface area contributed by atoms with Gasteiger partial charge in [-0.3, -0.25) is 4.79 Å². The Hall–Kier alpha value is -4.18. The van der Waals surface area contributed by atoms with Gasteiger partial charge in [0.25, 0.3) is 5.91 Å². The lowest BCUT2D eigenvalue weighted by atomic mass is 10.2. The van der Waals surface area contributed by atoms with E-state index < -0.39 is 18.5 Å². The number of furan rings is 1. The number of nitriles is 1. The van der Waals surface area contributed by atoms with Gasteiger partial charge >= 0.3 is 5.97 Å². The first kappa shape index (κ1) is 17.2. The predicted molar refractivity (Wildman–Crippen MR) is 102 cm³/mol. The molecule has 0 aliphatic carbocycles. The third-order valence-corrected chi connectivity index (χ3v) is 4.10. The van der Waals surface area contributed by atoms with Crippen LogP contribution >= 0.6 is 0 Å². The van der Waals surface area contributed by atoms with Crippen LogP contribution in [0, 0.1) is 11.3 Å². The number of pyridine rings is 1. The number of esters is 1. The van der Waals surface area contributed by atoms with Crippen LogP contribution in [0.2, 0.25) is 0 Å². The van der Waals surface area contributed by atoms with Crippen molar-refractivity contribution in [3.8, 4) is 6.07 Å². The molecule has 0 aliphatic rings. The molecule has 0 atom stereocenters. The molecule has 4 rings (SSSR count). The van der Waals surface area contributed by atoms with Crippen molar-refractivity contribution in [2.75, 3.05) is 11.9 Å². The van der Waals surface area contributed by atoms with E-state index in [1.54, 1.807) is 42.5 Å². The minimum Gasteiger partial charge on any atom is -0.451 e. The van der Waals surface area contributed by atoms with Crippen molar-refractivity contribution in [1.29, 1.82) is 5.26 Å². The number of hydrogen-bond acceptors (Lipinski definition) is 6. The van der Waals surface area contributed by atoms with E-state index in [1.165, 1.54) is 0 Å². The summed E-state index contributed by atoms with van der Waals surface area (Å²) in [6, 6.07) is 19.5. The molecule has 1 N–H and O–H groups in total. The SMILES string of the molecule is N#Cc1oc2ccccc2c1NC(=O)COC(=O)c1ccc2ccccc2n1. The highest BCUT2D eigenvalue weighted by atomic mass is 16.5. The van der Waals surface area contributed by atoms with Gasteiger partial charge in [0, 0.05) is 10.8 Å².